The third-order valence-corrected chi connectivity index (χ3v) is 6.74. The molecule has 4 N–H and O–H groups in total. The molecule has 0 spiro atoms. The monoisotopic (exact) mass is 478 g/mol. The molecule has 1 aliphatic rings. The molecular formula is C30H42N2O3. The van der Waals surface area contributed by atoms with E-state index in [4.69, 9.17) is 20.9 Å². The van der Waals surface area contributed by atoms with Gasteiger partial charge in [-0.25, -0.2) is 0 Å². The highest BCUT2D eigenvalue weighted by Crippen LogP contribution is 2.32. The number of aryl methyl sites for hydroxylation is 1. The number of ether oxygens (including phenoxy) is 2. The topological polar surface area (TPSA) is 87.6 Å². The van der Waals surface area contributed by atoms with Gasteiger partial charge in [-0.15, -0.1) is 0 Å². The SMILES string of the molecule is CC(C)(N)CC(N)C(C)(C)C(=O)OCCCCCOc1ccc2c(c1)CCC(c1ccccc1)=C2. The summed E-state index contributed by atoms with van der Waals surface area (Å²) in [6, 6.07) is 16.6. The third kappa shape index (κ3) is 7.94. The van der Waals surface area contributed by atoms with Crippen molar-refractivity contribution in [2.75, 3.05) is 13.2 Å². The second-order valence-corrected chi connectivity index (χ2v) is 11.0. The van der Waals surface area contributed by atoms with E-state index >= 15 is 0 Å². The molecule has 5 heteroatoms. The van der Waals surface area contributed by atoms with Crippen LogP contribution in [0.25, 0.3) is 11.6 Å². The predicted octanol–water partition coefficient (Wildman–Crippen LogP) is 5.75. The van der Waals surface area contributed by atoms with Crippen molar-refractivity contribution in [1.29, 1.82) is 0 Å². The molecule has 190 valence electrons. The summed E-state index contributed by atoms with van der Waals surface area (Å²) >= 11 is 0. The van der Waals surface area contributed by atoms with Crippen LogP contribution in [0.15, 0.2) is 48.5 Å². The van der Waals surface area contributed by atoms with E-state index in [1.165, 1.54) is 22.3 Å². The van der Waals surface area contributed by atoms with Crippen LogP contribution in [-0.4, -0.2) is 30.8 Å². The van der Waals surface area contributed by atoms with Crippen LogP contribution < -0.4 is 16.2 Å². The Hall–Kier alpha value is -2.63. The number of carbonyl (C=O) groups is 1. The van der Waals surface area contributed by atoms with E-state index in [0.717, 1.165) is 37.9 Å². The van der Waals surface area contributed by atoms with E-state index in [2.05, 4.69) is 54.6 Å². The van der Waals surface area contributed by atoms with Gasteiger partial charge >= 0.3 is 5.97 Å². The molecule has 0 aromatic heterocycles. The Labute approximate surface area is 210 Å². The molecule has 0 amide bonds. The molecular weight excluding hydrogens is 436 g/mol. The number of carbonyl (C=O) groups excluding carboxylic acids is 1. The van der Waals surface area contributed by atoms with Gasteiger partial charge in [-0.1, -0.05) is 42.5 Å². The van der Waals surface area contributed by atoms with Crippen LogP contribution in [0, 0.1) is 5.41 Å². The largest absolute Gasteiger partial charge is 0.494 e. The van der Waals surface area contributed by atoms with E-state index < -0.39 is 11.0 Å². The molecule has 1 unspecified atom stereocenters. The number of esters is 1. The van der Waals surface area contributed by atoms with Gasteiger partial charge in [0.2, 0.25) is 0 Å². The molecule has 5 nitrogen and oxygen atoms in total. The van der Waals surface area contributed by atoms with Gasteiger partial charge < -0.3 is 20.9 Å². The first-order chi connectivity index (χ1) is 16.6. The average molecular weight is 479 g/mol. The van der Waals surface area contributed by atoms with Crippen LogP contribution in [0.1, 0.15) is 76.5 Å². The number of nitrogens with two attached hydrogens (primary N) is 2. The van der Waals surface area contributed by atoms with Gasteiger partial charge in [-0.2, -0.15) is 0 Å². The average Bonchev–Trinajstić information content (AvgIpc) is 2.82. The van der Waals surface area contributed by atoms with Gasteiger partial charge in [0.25, 0.3) is 0 Å². The molecule has 0 saturated heterocycles. The van der Waals surface area contributed by atoms with Gasteiger partial charge in [-0.05, 0) is 101 Å². The van der Waals surface area contributed by atoms with Crippen molar-refractivity contribution in [3.8, 4) is 5.75 Å². The van der Waals surface area contributed by atoms with Gasteiger partial charge in [-0.3, -0.25) is 4.79 Å². The quantitative estimate of drug-likeness (QED) is 0.300. The number of benzene rings is 2. The molecule has 1 aliphatic carbocycles. The fourth-order valence-corrected chi connectivity index (χ4v) is 4.33. The summed E-state index contributed by atoms with van der Waals surface area (Å²) in [6.07, 6.45) is 7.58. The highest BCUT2D eigenvalue weighted by Gasteiger charge is 2.38. The van der Waals surface area contributed by atoms with E-state index in [0.29, 0.717) is 19.6 Å². The first-order valence-corrected chi connectivity index (χ1v) is 12.8. The zero-order chi connectivity index (χ0) is 25.5. The third-order valence-electron chi connectivity index (χ3n) is 6.74. The summed E-state index contributed by atoms with van der Waals surface area (Å²) in [4.78, 5) is 12.5. The fraction of sp³-hybridized carbons (Fsp3) is 0.500. The van der Waals surface area contributed by atoms with Crippen LogP contribution >= 0.6 is 0 Å². The summed E-state index contributed by atoms with van der Waals surface area (Å²) in [5.41, 5.74) is 16.4. The Balaban J connectivity index is 1.36. The maximum Gasteiger partial charge on any atom is 0.313 e. The van der Waals surface area contributed by atoms with Crippen LogP contribution in [0.3, 0.4) is 0 Å². The lowest BCUT2D eigenvalue weighted by atomic mass is 9.79. The van der Waals surface area contributed by atoms with E-state index in [1.54, 1.807) is 0 Å². The highest BCUT2D eigenvalue weighted by molar-refractivity contribution is 5.84. The summed E-state index contributed by atoms with van der Waals surface area (Å²) in [5, 5.41) is 0. The van der Waals surface area contributed by atoms with Gasteiger partial charge in [0, 0.05) is 11.6 Å². The Morgan fingerprint density at radius 2 is 1.69 bits per heavy atom. The minimum absolute atomic E-state index is 0.260. The maximum atomic E-state index is 12.5. The summed E-state index contributed by atoms with van der Waals surface area (Å²) < 4.78 is 11.5. The molecule has 0 saturated carbocycles. The molecule has 1 atom stereocenters. The molecule has 3 rings (SSSR count). The van der Waals surface area contributed by atoms with Gasteiger partial charge in [0.15, 0.2) is 0 Å². The predicted molar refractivity (Wildman–Crippen MR) is 144 cm³/mol. The highest BCUT2D eigenvalue weighted by atomic mass is 16.5. The smallest absolute Gasteiger partial charge is 0.313 e. The van der Waals surface area contributed by atoms with Crippen LogP contribution in [0.5, 0.6) is 5.75 Å². The second kappa shape index (κ2) is 11.9. The van der Waals surface area contributed by atoms with E-state index in [9.17, 15) is 4.79 Å². The fourth-order valence-electron chi connectivity index (χ4n) is 4.33. The lowest BCUT2D eigenvalue weighted by Crippen LogP contribution is -2.50. The standard InChI is InChI=1S/C30H42N2O3/c1-29(2,32)21-27(31)30(3,4)28(33)35-18-10-6-9-17-34-26-16-15-24-19-23(13-14-25(24)20-26)22-11-7-5-8-12-22/h5,7-8,11-12,15-16,19-20,27H,6,9-10,13-14,17-18,21,31-32H2,1-4H3. The Kier molecular flexibility index (Phi) is 9.15. The molecule has 0 aliphatic heterocycles. The molecule has 0 radical (unpaired) electrons. The summed E-state index contributed by atoms with van der Waals surface area (Å²) in [6.45, 7) is 8.54. The van der Waals surface area contributed by atoms with Crippen molar-refractivity contribution in [3.05, 3.63) is 65.2 Å². The zero-order valence-corrected chi connectivity index (χ0v) is 21.8. The summed E-state index contributed by atoms with van der Waals surface area (Å²) in [5.74, 6) is 0.661. The van der Waals surface area contributed by atoms with Crippen molar-refractivity contribution in [3.63, 3.8) is 0 Å². The normalized spacial score (nSPS) is 14.6. The van der Waals surface area contributed by atoms with Crippen LogP contribution in [0.4, 0.5) is 0 Å². The Bertz CT molecular complexity index is 1010. The molecule has 0 fully saturated rings. The number of hydrogen-bond acceptors (Lipinski definition) is 5. The summed E-state index contributed by atoms with van der Waals surface area (Å²) in [7, 11) is 0. The molecule has 0 heterocycles. The van der Waals surface area contributed by atoms with Crippen molar-refractivity contribution >= 4 is 17.6 Å². The van der Waals surface area contributed by atoms with Crippen molar-refractivity contribution in [2.24, 2.45) is 16.9 Å². The number of rotatable bonds is 12. The lowest BCUT2D eigenvalue weighted by Gasteiger charge is -2.33. The van der Waals surface area contributed by atoms with Crippen molar-refractivity contribution < 1.29 is 14.3 Å². The lowest BCUT2D eigenvalue weighted by molar-refractivity contribution is -0.155. The molecule has 2 aromatic carbocycles. The Morgan fingerprint density at radius 1 is 0.971 bits per heavy atom. The molecule has 0 bridgehead atoms. The number of allylic oxidation sites excluding steroid dienone is 1. The second-order valence-electron chi connectivity index (χ2n) is 11.0. The van der Waals surface area contributed by atoms with Crippen molar-refractivity contribution in [1.82, 2.24) is 0 Å². The number of unbranched alkanes of at least 4 members (excludes halogenated alkanes) is 2. The van der Waals surface area contributed by atoms with E-state index in [1.807, 2.05) is 27.7 Å². The Morgan fingerprint density at radius 3 is 2.40 bits per heavy atom. The van der Waals surface area contributed by atoms with Crippen molar-refractivity contribution in [2.45, 2.75) is 77.8 Å². The molecule has 2 aromatic rings. The minimum atomic E-state index is -0.761. The van der Waals surface area contributed by atoms with E-state index in [-0.39, 0.29) is 12.0 Å². The number of fused-ring (bicyclic) bond motifs is 1. The minimum Gasteiger partial charge on any atom is -0.494 e. The zero-order valence-electron chi connectivity index (χ0n) is 21.8. The first kappa shape index (κ1) is 27.0. The molecule has 35 heavy (non-hydrogen) atoms. The number of hydrogen-bond donors (Lipinski definition) is 2. The van der Waals surface area contributed by atoms with Gasteiger partial charge in [0.1, 0.15) is 5.75 Å². The van der Waals surface area contributed by atoms with Crippen LogP contribution in [-0.2, 0) is 16.0 Å². The maximum absolute atomic E-state index is 12.5. The van der Waals surface area contributed by atoms with Crippen LogP contribution in [0.2, 0.25) is 0 Å². The first-order valence-electron chi connectivity index (χ1n) is 12.8. The van der Waals surface area contributed by atoms with Gasteiger partial charge in [0.05, 0.1) is 18.6 Å².